The fourth-order valence-corrected chi connectivity index (χ4v) is 8.68. The number of phosphoric acid groups is 1. The van der Waals surface area contributed by atoms with Crippen molar-refractivity contribution < 1.29 is 54.3 Å². The summed E-state index contributed by atoms with van der Waals surface area (Å²) in [5.74, 6) is -0.430. The molecule has 0 aromatic heterocycles. The van der Waals surface area contributed by atoms with Crippen LogP contribution in [0.4, 0.5) is 0 Å². The predicted molar refractivity (Wildman–Crippen MR) is 227 cm³/mol. The largest absolute Gasteiger partial charge is 0.862 e. The summed E-state index contributed by atoms with van der Waals surface area (Å²) in [6, 6.07) is -1.15. The van der Waals surface area contributed by atoms with E-state index < -0.39 is 69.1 Å². The molecule has 0 radical (unpaired) electrons. The molecule has 340 valence electrons. The molecular formula is C44H87NO11P-. The molecule has 1 aliphatic rings. The lowest BCUT2D eigenvalue weighted by atomic mass is 9.85. The first-order valence-corrected chi connectivity index (χ1v) is 24.9. The number of aliphatic hydroxyl groups is 6. The van der Waals surface area contributed by atoms with Gasteiger partial charge in [-0.3, -0.25) is 14.0 Å². The fraction of sp³-hybridized carbons (Fsp3) is 0.977. The first-order valence-electron chi connectivity index (χ1n) is 23.4. The van der Waals surface area contributed by atoms with Gasteiger partial charge in [0.15, 0.2) is 0 Å². The third-order valence-electron chi connectivity index (χ3n) is 11.6. The van der Waals surface area contributed by atoms with E-state index in [0.717, 1.165) is 38.5 Å². The van der Waals surface area contributed by atoms with Crippen LogP contribution in [0.2, 0.25) is 0 Å². The SMILES string of the molecule is CCCCCCCCCCCCCCCCCC([O-])=N[C@@H](COP(=O)(O)OC1[C@H](O)[C@H](O)C(O)[C@H](O)[C@H]1O)[C@H](O)CCCCCCCCCCCCCCCCC. The number of phosphoric ester groups is 1. The normalized spacial score (nSPS) is 23.8. The van der Waals surface area contributed by atoms with Crippen LogP contribution in [0.5, 0.6) is 0 Å². The van der Waals surface area contributed by atoms with Crippen molar-refractivity contribution in [2.75, 3.05) is 6.61 Å². The third kappa shape index (κ3) is 27.0. The smallest absolute Gasteiger partial charge is 0.472 e. The zero-order chi connectivity index (χ0) is 42.2. The van der Waals surface area contributed by atoms with Gasteiger partial charge < -0.3 is 40.6 Å². The quantitative estimate of drug-likeness (QED) is 0.0135. The summed E-state index contributed by atoms with van der Waals surface area (Å²) >= 11 is 0. The summed E-state index contributed by atoms with van der Waals surface area (Å²) < 4.78 is 22.9. The highest BCUT2D eigenvalue weighted by Crippen LogP contribution is 2.47. The van der Waals surface area contributed by atoms with Gasteiger partial charge in [-0.2, -0.15) is 0 Å². The predicted octanol–water partition coefficient (Wildman–Crippen LogP) is 8.32. The van der Waals surface area contributed by atoms with Crippen molar-refractivity contribution in [2.24, 2.45) is 4.99 Å². The second-order valence-corrected chi connectivity index (χ2v) is 18.3. The molecule has 0 aliphatic heterocycles. The molecule has 0 heterocycles. The molecule has 0 bridgehead atoms. The molecule has 13 heteroatoms. The van der Waals surface area contributed by atoms with Gasteiger partial charge in [0.05, 0.1) is 18.8 Å². The van der Waals surface area contributed by atoms with E-state index in [2.05, 4.69) is 18.8 Å². The third-order valence-corrected chi connectivity index (χ3v) is 12.6. The zero-order valence-corrected chi connectivity index (χ0v) is 37.0. The molecular weight excluding hydrogens is 749 g/mol. The first-order chi connectivity index (χ1) is 27.4. The van der Waals surface area contributed by atoms with Crippen molar-refractivity contribution in [3.63, 3.8) is 0 Å². The van der Waals surface area contributed by atoms with E-state index in [1.54, 1.807) is 0 Å². The molecule has 1 rings (SSSR count). The van der Waals surface area contributed by atoms with Crippen LogP contribution in [-0.4, -0.2) is 96.8 Å². The molecule has 9 atom stereocenters. The van der Waals surface area contributed by atoms with Crippen LogP contribution < -0.4 is 5.11 Å². The Morgan fingerprint density at radius 1 is 0.544 bits per heavy atom. The van der Waals surface area contributed by atoms with Crippen LogP contribution in [-0.2, 0) is 13.6 Å². The van der Waals surface area contributed by atoms with Gasteiger partial charge in [0.2, 0.25) is 0 Å². The first kappa shape index (κ1) is 54.4. The topological polar surface area (TPSA) is 213 Å². The van der Waals surface area contributed by atoms with E-state index in [0.29, 0.717) is 19.3 Å². The molecule has 0 saturated heterocycles. The van der Waals surface area contributed by atoms with Crippen molar-refractivity contribution in [1.29, 1.82) is 0 Å². The van der Waals surface area contributed by atoms with Gasteiger partial charge in [-0.25, -0.2) is 4.57 Å². The Balaban J connectivity index is 2.51. The highest BCUT2D eigenvalue weighted by atomic mass is 31.2. The number of hydrogen-bond donors (Lipinski definition) is 7. The molecule has 3 unspecified atom stereocenters. The van der Waals surface area contributed by atoms with E-state index in [4.69, 9.17) is 9.05 Å². The van der Waals surface area contributed by atoms with Crippen molar-refractivity contribution in [2.45, 2.75) is 268 Å². The van der Waals surface area contributed by atoms with Gasteiger partial charge in [0, 0.05) is 0 Å². The van der Waals surface area contributed by atoms with Crippen LogP contribution in [0.1, 0.15) is 219 Å². The van der Waals surface area contributed by atoms with E-state index in [-0.39, 0.29) is 6.42 Å². The summed E-state index contributed by atoms with van der Waals surface area (Å²) in [4.78, 5) is 14.6. The number of rotatable bonds is 39. The maximum absolute atomic E-state index is 12.9. The van der Waals surface area contributed by atoms with Crippen molar-refractivity contribution >= 4 is 13.7 Å². The second-order valence-electron chi connectivity index (χ2n) is 16.9. The highest BCUT2D eigenvalue weighted by molar-refractivity contribution is 7.47. The standard InChI is InChI=1S/C44H88NO11P/c1-3-5-7-9-11-13-15-17-19-21-23-25-27-29-31-33-37(46)36(35-55-57(53,54)56-44-42(51)40(49)39(48)41(50)43(44)52)45-38(47)34-32-30-28-26-24-22-20-18-16-14-12-10-8-6-4-2/h36-37,39-44,46,48-52H,3-35H2,1-2H3,(H,45,47)(H,53,54)/p-1/t36-,37+,39?,40-,41+,42+,43+,44?/m0/s1. The Hall–Kier alpha value is -0.660. The molecule has 1 fully saturated rings. The minimum atomic E-state index is -5.07. The molecule has 0 amide bonds. The Morgan fingerprint density at radius 2 is 0.860 bits per heavy atom. The number of aliphatic hydroxyl groups excluding tert-OH is 6. The molecule has 0 aromatic carbocycles. The Bertz CT molecular complexity index is 991. The van der Waals surface area contributed by atoms with Crippen LogP contribution in [0.15, 0.2) is 4.99 Å². The number of unbranched alkanes of at least 4 members (excludes halogenated alkanes) is 28. The molecule has 7 N–H and O–H groups in total. The number of hydrogen-bond acceptors (Lipinski definition) is 11. The van der Waals surface area contributed by atoms with Crippen molar-refractivity contribution in [3.8, 4) is 0 Å². The van der Waals surface area contributed by atoms with Crippen LogP contribution >= 0.6 is 7.82 Å². The Labute approximate surface area is 346 Å². The van der Waals surface area contributed by atoms with E-state index in [1.807, 2.05) is 0 Å². The van der Waals surface area contributed by atoms with Crippen LogP contribution in [0.3, 0.4) is 0 Å². The average molecular weight is 837 g/mol. The monoisotopic (exact) mass is 837 g/mol. The molecule has 0 aromatic rings. The highest BCUT2D eigenvalue weighted by Gasteiger charge is 2.51. The summed E-state index contributed by atoms with van der Waals surface area (Å²) in [5.41, 5.74) is 0. The lowest BCUT2D eigenvalue weighted by Gasteiger charge is -2.41. The maximum atomic E-state index is 12.9. The summed E-state index contributed by atoms with van der Waals surface area (Å²) in [6.07, 6.45) is 23.8. The van der Waals surface area contributed by atoms with Gasteiger partial charge in [-0.1, -0.05) is 200 Å². The van der Waals surface area contributed by atoms with Crippen LogP contribution in [0.25, 0.3) is 0 Å². The van der Waals surface area contributed by atoms with E-state index in [9.17, 15) is 45.2 Å². The minimum Gasteiger partial charge on any atom is -0.862 e. The van der Waals surface area contributed by atoms with Gasteiger partial charge in [0.1, 0.15) is 36.6 Å². The minimum absolute atomic E-state index is 0.187. The van der Waals surface area contributed by atoms with E-state index >= 15 is 0 Å². The van der Waals surface area contributed by atoms with Crippen molar-refractivity contribution in [1.82, 2.24) is 0 Å². The molecule has 57 heavy (non-hydrogen) atoms. The second kappa shape index (κ2) is 35.0. The fourth-order valence-electron chi connectivity index (χ4n) is 7.72. The zero-order valence-electron chi connectivity index (χ0n) is 36.1. The van der Waals surface area contributed by atoms with Gasteiger partial charge >= 0.3 is 7.82 Å². The van der Waals surface area contributed by atoms with E-state index in [1.165, 1.54) is 141 Å². The molecule has 0 spiro atoms. The molecule has 1 saturated carbocycles. The van der Waals surface area contributed by atoms with Gasteiger partial charge in [-0.05, 0) is 25.2 Å². The van der Waals surface area contributed by atoms with Gasteiger partial charge in [0.25, 0.3) is 0 Å². The molecule has 12 nitrogen and oxygen atoms in total. The summed E-state index contributed by atoms with van der Waals surface area (Å²) in [6.45, 7) is 3.84. The summed E-state index contributed by atoms with van der Waals surface area (Å²) in [5, 5.41) is 74.2. The summed E-state index contributed by atoms with van der Waals surface area (Å²) in [7, 11) is -5.07. The average Bonchev–Trinajstić information content (AvgIpc) is 3.19. The Morgan fingerprint density at radius 3 is 1.23 bits per heavy atom. The van der Waals surface area contributed by atoms with Crippen molar-refractivity contribution in [3.05, 3.63) is 0 Å². The van der Waals surface area contributed by atoms with Gasteiger partial charge in [-0.15, -0.1) is 0 Å². The lowest BCUT2D eigenvalue weighted by molar-refractivity contribution is -0.220. The maximum Gasteiger partial charge on any atom is 0.472 e. The number of nitrogens with zero attached hydrogens (tertiary/aromatic N) is 1. The number of aliphatic imine (C=N–C) groups is 1. The Kier molecular flexibility index (Phi) is 33.4. The van der Waals surface area contributed by atoms with Crippen LogP contribution in [0, 0.1) is 0 Å². The molecule has 1 aliphatic carbocycles. The lowest BCUT2D eigenvalue weighted by Crippen LogP contribution is -2.64.